The third-order valence-corrected chi connectivity index (χ3v) is 29.6. The van der Waals surface area contributed by atoms with Crippen molar-refractivity contribution in [3.63, 3.8) is 0 Å². The van der Waals surface area contributed by atoms with Gasteiger partial charge in [0, 0.05) is 12.0 Å². The van der Waals surface area contributed by atoms with E-state index in [0.29, 0.717) is 0 Å². The second-order valence-electron chi connectivity index (χ2n) is 20.6. The topological polar surface area (TPSA) is 99.6 Å². The summed E-state index contributed by atoms with van der Waals surface area (Å²) in [6, 6.07) is 7.61. The lowest BCUT2D eigenvalue weighted by Gasteiger charge is -2.48. The maximum Gasteiger partial charge on any atom is 0.210 e. The molecule has 1 aliphatic heterocycles. The summed E-state index contributed by atoms with van der Waals surface area (Å²) < 4.78 is 71.6. The zero-order chi connectivity index (χ0) is 39.2. The van der Waals surface area contributed by atoms with E-state index in [0.717, 1.165) is 55.2 Å². The van der Waals surface area contributed by atoms with Gasteiger partial charge in [-0.2, -0.15) is 0 Å². The number of aromatic nitrogens is 1. The normalized spacial score (nSPS) is 34.0. The average molecular weight is 822 g/mol. The number of benzene rings is 1. The molecular formula is C41H67NO6S3Si2. The Hall–Kier alpha value is -0.896. The molecule has 4 fully saturated rings. The molecule has 1 aromatic carbocycles. The molecule has 2 aromatic rings. The molecule has 53 heavy (non-hydrogen) atoms. The number of nitrogens with zero attached hydrogens (tertiary/aromatic N) is 1. The summed E-state index contributed by atoms with van der Waals surface area (Å²) in [4.78, 5) is 4.50. The number of hydrogen-bond donors (Lipinski definition) is 0. The predicted octanol–water partition coefficient (Wildman–Crippen LogP) is 10.5. The molecule has 7 nitrogen and oxygen atoms in total. The van der Waals surface area contributed by atoms with Crippen LogP contribution in [0.4, 0.5) is 0 Å². The molecule has 0 radical (unpaired) electrons. The van der Waals surface area contributed by atoms with Gasteiger partial charge >= 0.3 is 0 Å². The van der Waals surface area contributed by atoms with Crippen molar-refractivity contribution in [2.24, 2.45) is 35.0 Å². The number of fused-ring (bicyclic) bond motifs is 3. The molecule has 12 heteroatoms. The van der Waals surface area contributed by atoms with Gasteiger partial charge in [0.15, 0.2) is 26.5 Å². The van der Waals surface area contributed by atoms with Crippen molar-refractivity contribution in [2.75, 3.05) is 11.5 Å². The van der Waals surface area contributed by atoms with Crippen molar-refractivity contribution in [3.05, 3.63) is 35.9 Å². The Bertz CT molecular complexity index is 1890. The lowest BCUT2D eigenvalue weighted by atomic mass is 9.61. The first-order valence-corrected chi connectivity index (χ1v) is 30.1. The van der Waals surface area contributed by atoms with Gasteiger partial charge in [-0.1, -0.05) is 79.2 Å². The maximum atomic E-state index is 14.4. The highest BCUT2D eigenvalue weighted by Crippen LogP contribution is 2.60. The maximum absolute atomic E-state index is 14.4. The second-order valence-corrected chi connectivity index (χ2v) is 35.5. The molecule has 1 saturated heterocycles. The van der Waals surface area contributed by atoms with Crippen LogP contribution >= 0.6 is 11.3 Å². The summed E-state index contributed by atoms with van der Waals surface area (Å²) >= 11 is 1.27. The summed E-state index contributed by atoms with van der Waals surface area (Å²) in [6.45, 7) is 27.2. The Morgan fingerprint density at radius 2 is 1.62 bits per heavy atom. The zero-order valence-electron chi connectivity index (χ0n) is 34.5. The van der Waals surface area contributed by atoms with E-state index in [1.165, 1.54) is 16.9 Å². The van der Waals surface area contributed by atoms with Gasteiger partial charge in [-0.3, -0.25) is 0 Å². The van der Waals surface area contributed by atoms with E-state index in [9.17, 15) is 16.8 Å². The fourth-order valence-corrected chi connectivity index (χ4v) is 18.3. The molecule has 0 amide bonds. The van der Waals surface area contributed by atoms with Gasteiger partial charge in [0.05, 0.1) is 33.1 Å². The molecule has 0 spiro atoms. The van der Waals surface area contributed by atoms with Gasteiger partial charge in [0.1, 0.15) is 0 Å². The van der Waals surface area contributed by atoms with Crippen LogP contribution in [0.5, 0.6) is 0 Å². The summed E-state index contributed by atoms with van der Waals surface area (Å²) in [5.74, 6) is 0.691. The van der Waals surface area contributed by atoms with Crippen molar-refractivity contribution >= 4 is 57.9 Å². The summed E-state index contributed by atoms with van der Waals surface area (Å²) in [5.41, 5.74) is 1.96. The molecule has 0 N–H and O–H groups in total. The number of sulfone groups is 2. The van der Waals surface area contributed by atoms with E-state index in [-0.39, 0.29) is 73.1 Å². The highest BCUT2D eigenvalue weighted by atomic mass is 32.2. The Morgan fingerprint density at radius 1 is 0.981 bits per heavy atom. The highest BCUT2D eigenvalue weighted by Gasteiger charge is 2.57. The van der Waals surface area contributed by atoms with Crippen molar-refractivity contribution in [2.45, 2.75) is 158 Å². The van der Waals surface area contributed by atoms with Gasteiger partial charge in [0.25, 0.3) is 0 Å². The average Bonchev–Trinajstić information content (AvgIpc) is 3.68. The van der Waals surface area contributed by atoms with E-state index >= 15 is 0 Å². The summed E-state index contributed by atoms with van der Waals surface area (Å²) in [7, 11) is -11.2. The largest absolute Gasteiger partial charge is 0.414 e. The van der Waals surface area contributed by atoms with Crippen molar-refractivity contribution in [3.8, 4) is 0 Å². The van der Waals surface area contributed by atoms with Crippen LogP contribution in [0.15, 0.2) is 40.3 Å². The molecule has 4 aliphatic rings. The Balaban J connectivity index is 1.27. The smallest absolute Gasteiger partial charge is 0.210 e. The molecule has 4 unspecified atom stereocenters. The van der Waals surface area contributed by atoms with Crippen molar-refractivity contribution < 1.29 is 25.7 Å². The first kappa shape index (κ1) is 41.7. The first-order valence-electron chi connectivity index (χ1n) is 20.1. The van der Waals surface area contributed by atoms with Gasteiger partial charge in [-0.05, 0) is 122 Å². The van der Waals surface area contributed by atoms with E-state index in [2.05, 4.69) is 92.6 Å². The number of para-hydroxylation sites is 1. The molecule has 6 rings (SSSR count). The Kier molecular flexibility index (Phi) is 11.2. The highest BCUT2D eigenvalue weighted by molar-refractivity contribution is 7.93. The molecule has 1 aromatic heterocycles. The summed E-state index contributed by atoms with van der Waals surface area (Å²) in [5, 5.41) is -0.457. The number of thiazole rings is 1. The van der Waals surface area contributed by atoms with Crippen LogP contribution in [-0.4, -0.2) is 67.4 Å². The van der Waals surface area contributed by atoms with E-state index < -0.39 is 41.6 Å². The second kappa shape index (κ2) is 14.2. The minimum Gasteiger partial charge on any atom is -0.414 e. The monoisotopic (exact) mass is 821 g/mol. The molecule has 3 saturated carbocycles. The van der Waals surface area contributed by atoms with Crippen LogP contribution in [-0.2, 0) is 28.5 Å². The molecule has 9 atom stereocenters. The van der Waals surface area contributed by atoms with Crippen LogP contribution in [0.3, 0.4) is 0 Å². The van der Waals surface area contributed by atoms with E-state index in [1.54, 1.807) is 0 Å². The fourth-order valence-electron chi connectivity index (χ4n) is 10.1. The van der Waals surface area contributed by atoms with Gasteiger partial charge in [-0.15, -0.1) is 11.3 Å². The Labute approximate surface area is 327 Å². The minimum absolute atomic E-state index is 0.0189. The molecule has 298 valence electrons. The van der Waals surface area contributed by atoms with Crippen LogP contribution in [0.2, 0.25) is 36.3 Å². The third kappa shape index (κ3) is 8.00. The first-order chi connectivity index (χ1) is 24.3. The van der Waals surface area contributed by atoms with Crippen LogP contribution in [0.25, 0.3) is 10.2 Å². The van der Waals surface area contributed by atoms with Crippen LogP contribution < -0.4 is 0 Å². The van der Waals surface area contributed by atoms with Crippen molar-refractivity contribution in [1.82, 2.24) is 4.98 Å². The van der Waals surface area contributed by atoms with E-state index in [1.807, 2.05) is 24.3 Å². The van der Waals surface area contributed by atoms with Gasteiger partial charge < -0.3 is 8.85 Å². The van der Waals surface area contributed by atoms with Crippen molar-refractivity contribution in [1.29, 1.82) is 0 Å². The third-order valence-electron chi connectivity index (χ3n) is 15.0. The minimum atomic E-state index is -3.54. The Morgan fingerprint density at radius 3 is 2.26 bits per heavy atom. The molecule has 2 heterocycles. The number of hydrogen-bond acceptors (Lipinski definition) is 8. The summed E-state index contributed by atoms with van der Waals surface area (Å²) in [6.07, 6.45) is 8.48. The van der Waals surface area contributed by atoms with Gasteiger partial charge in [-0.25, -0.2) is 21.8 Å². The van der Waals surface area contributed by atoms with E-state index in [4.69, 9.17) is 8.85 Å². The standard InChI is InChI=1S/C41H67NO6S3Si2/c1-27(25-51(45,46)38-42-34-17-13-14-18-36(34)49-38)32-19-20-33-28(16-15-21-41(32,33)8)22-37-30-23-29(47-52(9,10)39(2,3)4)24-35(31(30)26-50(37,43)44)48-53(11,12)40(5,6)7/h13-14,17-18,22,27,29-33,35,37H,15-16,19-21,23-26H2,1-12H3/b28-22+/t27-,29-,30?,31?,32-,33?,35+,37?,41-/m1/s1. The fraction of sp³-hybridized carbons (Fsp3) is 0.780. The number of allylic oxidation sites excluding steroid dienone is 1. The lowest BCUT2D eigenvalue weighted by molar-refractivity contribution is -0.00548. The van der Waals surface area contributed by atoms with Crippen LogP contribution in [0, 0.1) is 35.0 Å². The molecule has 3 aliphatic carbocycles. The SMILES string of the molecule is C[C@H](CS(=O)(=O)c1nc2ccccc2s1)[C@H]1CCC2/C(=C/C3C4C[C@@H](O[Si](C)(C)C(C)(C)C)C[C@H](O[Si](C)(C)C(C)(C)C)C4CS3(=O)=O)CCC[C@@]21C. The molecule has 0 bridgehead atoms. The molecular weight excluding hydrogens is 755 g/mol. The zero-order valence-corrected chi connectivity index (χ0v) is 38.9. The predicted molar refractivity (Wildman–Crippen MR) is 225 cm³/mol. The van der Waals surface area contributed by atoms with Crippen LogP contribution in [0.1, 0.15) is 100 Å². The van der Waals surface area contributed by atoms with Gasteiger partial charge in [0.2, 0.25) is 14.2 Å². The lowest BCUT2D eigenvalue weighted by Crippen LogP contribution is -2.53. The number of rotatable bonds is 9. The quantitative estimate of drug-likeness (QED) is 0.183.